The number of nitrogens with one attached hydrogen (secondary N) is 3. The highest BCUT2D eigenvalue weighted by atomic mass is 16.3. The molecule has 4 rings (SSSR count). The van der Waals surface area contributed by atoms with Gasteiger partial charge in [-0.05, 0) is 57.7 Å². The molecule has 6 heteroatoms. The summed E-state index contributed by atoms with van der Waals surface area (Å²) in [5, 5.41) is 25.9. The molecule has 1 atom stereocenters. The fourth-order valence-corrected chi connectivity index (χ4v) is 4.68. The molecule has 1 aromatic carbocycles. The van der Waals surface area contributed by atoms with Crippen LogP contribution < -0.4 is 15.5 Å². The van der Waals surface area contributed by atoms with Crippen LogP contribution in [0.25, 0.3) is 10.9 Å². The Labute approximate surface area is 173 Å². The van der Waals surface area contributed by atoms with Crippen LogP contribution in [0.1, 0.15) is 56.6 Å². The number of pyridine rings is 1. The predicted molar refractivity (Wildman–Crippen MR) is 119 cm³/mol. The Morgan fingerprint density at radius 3 is 2.52 bits per heavy atom. The van der Waals surface area contributed by atoms with E-state index in [2.05, 4.69) is 40.7 Å². The van der Waals surface area contributed by atoms with Gasteiger partial charge in [-0.15, -0.1) is 0 Å². The number of benzene rings is 1. The van der Waals surface area contributed by atoms with Crippen LogP contribution in [0.4, 0.5) is 5.82 Å². The van der Waals surface area contributed by atoms with E-state index in [1.165, 1.54) is 31.2 Å². The maximum atomic E-state index is 9.72. The summed E-state index contributed by atoms with van der Waals surface area (Å²) in [6.07, 6.45) is 6.78. The molecule has 0 amide bonds. The van der Waals surface area contributed by atoms with Gasteiger partial charge in [0.15, 0.2) is 0 Å². The largest absolute Gasteiger partial charge is 0.374 e. The first-order valence-corrected chi connectivity index (χ1v) is 11.0. The zero-order chi connectivity index (χ0) is 20.4. The number of fused-ring (bicyclic) bond motifs is 1. The molecule has 0 spiro atoms. The first kappa shape index (κ1) is 20.1. The van der Waals surface area contributed by atoms with Gasteiger partial charge in [0.05, 0.1) is 11.1 Å². The molecular formula is C23H33N5O. The molecule has 6 nitrogen and oxygen atoms in total. The van der Waals surface area contributed by atoms with Gasteiger partial charge in [0.1, 0.15) is 17.9 Å². The van der Waals surface area contributed by atoms with Crippen LogP contribution in [0.2, 0.25) is 0 Å². The molecule has 1 aliphatic heterocycles. The van der Waals surface area contributed by atoms with Gasteiger partial charge in [0.2, 0.25) is 0 Å². The van der Waals surface area contributed by atoms with Crippen molar-refractivity contribution in [1.29, 1.82) is 5.41 Å². The molecule has 2 aromatic rings. The van der Waals surface area contributed by atoms with Gasteiger partial charge < -0.3 is 20.6 Å². The molecule has 2 fully saturated rings. The van der Waals surface area contributed by atoms with E-state index in [1.54, 1.807) is 6.92 Å². The van der Waals surface area contributed by atoms with Crippen molar-refractivity contribution < 1.29 is 5.11 Å². The summed E-state index contributed by atoms with van der Waals surface area (Å²) in [6, 6.07) is 9.55. The summed E-state index contributed by atoms with van der Waals surface area (Å²) in [4.78, 5) is 7.24. The first-order chi connectivity index (χ1) is 14.0. The van der Waals surface area contributed by atoms with Crippen LogP contribution in [0.15, 0.2) is 24.3 Å². The quantitative estimate of drug-likeness (QED) is 0.355. The summed E-state index contributed by atoms with van der Waals surface area (Å²) >= 11 is 0. The van der Waals surface area contributed by atoms with Crippen molar-refractivity contribution in [3.63, 3.8) is 0 Å². The highest BCUT2D eigenvalue weighted by Crippen LogP contribution is 2.28. The van der Waals surface area contributed by atoms with E-state index in [1.807, 2.05) is 6.07 Å². The summed E-state index contributed by atoms with van der Waals surface area (Å²) in [6.45, 7) is 5.56. The van der Waals surface area contributed by atoms with Gasteiger partial charge in [0.25, 0.3) is 0 Å². The first-order valence-electron chi connectivity index (χ1n) is 11.0. The number of amidine groups is 1. The molecule has 1 saturated heterocycles. The third-order valence-corrected chi connectivity index (χ3v) is 6.19. The number of hydrogen-bond donors (Lipinski definition) is 4. The van der Waals surface area contributed by atoms with Crippen molar-refractivity contribution in [3.8, 4) is 0 Å². The van der Waals surface area contributed by atoms with Crippen molar-refractivity contribution >= 4 is 22.6 Å². The second-order valence-electron chi connectivity index (χ2n) is 8.66. The average Bonchev–Trinajstić information content (AvgIpc) is 3.20. The van der Waals surface area contributed by atoms with Crippen LogP contribution >= 0.6 is 0 Å². The number of anilines is 1. The Hall–Kier alpha value is -2.18. The zero-order valence-corrected chi connectivity index (χ0v) is 17.5. The van der Waals surface area contributed by atoms with Crippen molar-refractivity contribution in [2.45, 2.75) is 70.7 Å². The minimum absolute atomic E-state index is 0.220. The van der Waals surface area contributed by atoms with Crippen LogP contribution in [-0.2, 0) is 0 Å². The van der Waals surface area contributed by atoms with Crippen molar-refractivity contribution in [2.75, 3.05) is 18.0 Å². The minimum Gasteiger partial charge on any atom is -0.374 e. The lowest BCUT2D eigenvalue weighted by Gasteiger charge is -2.35. The molecule has 1 aliphatic carbocycles. The molecule has 2 heterocycles. The van der Waals surface area contributed by atoms with E-state index in [0.29, 0.717) is 12.1 Å². The van der Waals surface area contributed by atoms with Crippen LogP contribution in [0, 0.1) is 12.3 Å². The van der Waals surface area contributed by atoms with Crippen LogP contribution in [0.5, 0.6) is 0 Å². The number of hydrogen-bond acceptors (Lipinski definition) is 5. The van der Waals surface area contributed by atoms with E-state index < -0.39 is 6.23 Å². The molecule has 1 unspecified atom stereocenters. The Kier molecular flexibility index (Phi) is 6.01. The SMILES string of the molecule is Cc1ccc2nc(N3CCC(NC4CCCC4)CC3)c(C(=N)NC(C)O)cc2c1. The van der Waals surface area contributed by atoms with E-state index >= 15 is 0 Å². The second-order valence-corrected chi connectivity index (χ2v) is 8.66. The topological polar surface area (TPSA) is 84.3 Å². The lowest BCUT2D eigenvalue weighted by atomic mass is 10.0. The number of nitrogens with zero attached hydrogens (tertiary/aromatic N) is 2. The molecule has 2 aliphatic rings. The monoisotopic (exact) mass is 395 g/mol. The van der Waals surface area contributed by atoms with Crippen molar-refractivity contribution in [3.05, 3.63) is 35.4 Å². The second kappa shape index (κ2) is 8.67. The predicted octanol–water partition coefficient (Wildman–Crippen LogP) is 3.30. The van der Waals surface area contributed by atoms with Crippen LogP contribution in [0.3, 0.4) is 0 Å². The normalized spacial score (nSPS) is 19.6. The molecule has 4 N–H and O–H groups in total. The Morgan fingerprint density at radius 2 is 1.83 bits per heavy atom. The van der Waals surface area contributed by atoms with Gasteiger partial charge in [-0.1, -0.05) is 24.5 Å². The number of piperidine rings is 1. The maximum absolute atomic E-state index is 9.72. The van der Waals surface area contributed by atoms with E-state index in [4.69, 9.17) is 10.4 Å². The van der Waals surface area contributed by atoms with Gasteiger partial charge in [-0.25, -0.2) is 4.98 Å². The van der Waals surface area contributed by atoms with E-state index in [0.717, 1.165) is 48.2 Å². The fraction of sp³-hybridized carbons (Fsp3) is 0.565. The molecule has 156 valence electrons. The fourth-order valence-electron chi connectivity index (χ4n) is 4.68. The van der Waals surface area contributed by atoms with Crippen molar-refractivity contribution in [1.82, 2.24) is 15.6 Å². The molecule has 0 radical (unpaired) electrons. The number of aromatic nitrogens is 1. The summed E-state index contributed by atoms with van der Waals surface area (Å²) in [5.74, 6) is 1.07. The molecule has 29 heavy (non-hydrogen) atoms. The number of rotatable bonds is 5. The third-order valence-electron chi connectivity index (χ3n) is 6.19. The molecule has 0 bridgehead atoms. The Morgan fingerprint density at radius 1 is 1.14 bits per heavy atom. The highest BCUT2D eigenvalue weighted by molar-refractivity contribution is 6.04. The minimum atomic E-state index is -0.773. The molecule has 1 aromatic heterocycles. The Balaban J connectivity index is 1.56. The lowest BCUT2D eigenvalue weighted by Crippen LogP contribution is -2.46. The van der Waals surface area contributed by atoms with Gasteiger partial charge >= 0.3 is 0 Å². The average molecular weight is 396 g/mol. The summed E-state index contributed by atoms with van der Waals surface area (Å²) < 4.78 is 0. The number of aryl methyl sites for hydroxylation is 1. The van der Waals surface area contributed by atoms with Gasteiger partial charge in [-0.2, -0.15) is 0 Å². The van der Waals surface area contributed by atoms with Gasteiger partial charge in [-0.3, -0.25) is 5.41 Å². The number of aliphatic hydroxyl groups excluding tert-OH is 1. The Bertz CT molecular complexity index is 867. The number of aliphatic hydroxyl groups is 1. The van der Waals surface area contributed by atoms with Gasteiger partial charge in [0, 0.05) is 30.6 Å². The maximum Gasteiger partial charge on any atom is 0.140 e. The molecular weight excluding hydrogens is 362 g/mol. The highest BCUT2D eigenvalue weighted by Gasteiger charge is 2.26. The lowest BCUT2D eigenvalue weighted by molar-refractivity contribution is 0.180. The summed E-state index contributed by atoms with van der Waals surface area (Å²) in [5.41, 5.74) is 2.88. The van der Waals surface area contributed by atoms with E-state index in [9.17, 15) is 5.11 Å². The summed E-state index contributed by atoms with van der Waals surface area (Å²) in [7, 11) is 0. The molecule has 1 saturated carbocycles. The zero-order valence-electron chi connectivity index (χ0n) is 17.5. The van der Waals surface area contributed by atoms with Crippen LogP contribution in [-0.4, -0.2) is 47.3 Å². The smallest absolute Gasteiger partial charge is 0.140 e. The van der Waals surface area contributed by atoms with Crippen molar-refractivity contribution in [2.24, 2.45) is 0 Å². The third kappa shape index (κ3) is 4.70. The van der Waals surface area contributed by atoms with E-state index in [-0.39, 0.29) is 5.84 Å². The standard InChI is InChI=1S/C23H33N5O/c1-15-7-8-21-17(13-15)14-20(22(24)25-16(2)29)23(27-21)28-11-9-19(10-12-28)26-18-5-3-4-6-18/h7-8,13-14,16,18-19,26,29H,3-6,9-12H2,1-2H3,(H2,24,25).